The van der Waals surface area contributed by atoms with E-state index in [1.165, 1.54) is 11.8 Å². The molecule has 3 heterocycles. The van der Waals surface area contributed by atoms with Crippen LogP contribution >= 0.6 is 11.8 Å². The van der Waals surface area contributed by atoms with Crippen LogP contribution in [0.3, 0.4) is 0 Å². The lowest BCUT2D eigenvalue weighted by Crippen LogP contribution is -2.14. The Balaban J connectivity index is 1.49. The fraction of sp³-hybridized carbons (Fsp3) is 0.409. The summed E-state index contributed by atoms with van der Waals surface area (Å²) in [6.07, 6.45) is 0.600. The van der Waals surface area contributed by atoms with E-state index in [2.05, 4.69) is 22.3 Å². The first-order valence-electron chi connectivity index (χ1n) is 10.2. The first-order chi connectivity index (χ1) is 14.7. The van der Waals surface area contributed by atoms with E-state index < -0.39 is 9.84 Å². The molecule has 0 unspecified atom stereocenters. The molecule has 0 spiro atoms. The second-order valence-electron chi connectivity index (χ2n) is 8.03. The number of hydrogen-bond acceptors (Lipinski definition) is 6. The van der Waals surface area contributed by atoms with Crippen molar-refractivity contribution in [2.75, 3.05) is 17.3 Å². The molecule has 7 nitrogen and oxygen atoms in total. The Hall–Kier alpha value is -2.39. The zero-order valence-corrected chi connectivity index (χ0v) is 19.5. The minimum atomic E-state index is -2.99. The van der Waals surface area contributed by atoms with Crippen LogP contribution < -0.4 is 0 Å². The van der Waals surface area contributed by atoms with E-state index >= 15 is 0 Å². The van der Waals surface area contributed by atoms with Crippen LogP contribution in [-0.4, -0.2) is 50.8 Å². The van der Waals surface area contributed by atoms with Crippen LogP contribution in [0.2, 0.25) is 0 Å². The normalized spacial score (nSPS) is 17.8. The third-order valence-electron chi connectivity index (χ3n) is 5.78. The predicted molar refractivity (Wildman–Crippen MR) is 122 cm³/mol. The van der Waals surface area contributed by atoms with E-state index in [-0.39, 0.29) is 29.1 Å². The molecule has 3 aromatic rings. The monoisotopic (exact) mass is 458 g/mol. The van der Waals surface area contributed by atoms with Gasteiger partial charge in [0.2, 0.25) is 0 Å². The summed E-state index contributed by atoms with van der Waals surface area (Å²) in [5.74, 6) is 1.43. The molecule has 0 radical (unpaired) electrons. The van der Waals surface area contributed by atoms with Crippen LogP contribution in [0.5, 0.6) is 0 Å². The second-order valence-corrected chi connectivity index (χ2v) is 11.2. The topological polar surface area (TPSA) is 86.8 Å². The van der Waals surface area contributed by atoms with E-state index in [0.29, 0.717) is 23.7 Å². The van der Waals surface area contributed by atoms with Crippen molar-refractivity contribution in [2.24, 2.45) is 0 Å². The average Bonchev–Trinajstić information content (AvgIpc) is 3.36. The molecule has 0 aliphatic carbocycles. The van der Waals surface area contributed by atoms with Gasteiger partial charge in [-0.05, 0) is 38.8 Å². The lowest BCUT2D eigenvalue weighted by Gasteiger charge is -2.16. The van der Waals surface area contributed by atoms with Gasteiger partial charge in [-0.3, -0.25) is 4.79 Å². The van der Waals surface area contributed by atoms with Gasteiger partial charge in [0.05, 0.1) is 23.8 Å². The van der Waals surface area contributed by atoms with E-state index in [1.807, 2.05) is 54.2 Å². The Morgan fingerprint density at radius 2 is 1.90 bits per heavy atom. The number of nitrogens with zero attached hydrogens (tertiary/aromatic N) is 4. The van der Waals surface area contributed by atoms with E-state index in [9.17, 15) is 13.2 Å². The number of rotatable bonds is 7. The van der Waals surface area contributed by atoms with Crippen molar-refractivity contribution < 1.29 is 13.2 Å². The van der Waals surface area contributed by atoms with E-state index in [0.717, 1.165) is 22.8 Å². The largest absolute Gasteiger partial charge is 0.344 e. The minimum Gasteiger partial charge on any atom is -0.344 e. The fourth-order valence-corrected chi connectivity index (χ4v) is 6.79. The number of aromatic nitrogens is 4. The molecule has 1 atom stereocenters. The maximum Gasteiger partial charge on any atom is 0.191 e. The van der Waals surface area contributed by atoms with Gasteiger partial charge in [0.1, 0.15) is 5.82 Å². The summed E-state index contributed by atoms with van der Waals surface area (Å²) < 4.78 is 27.8. The van der Waals surface area contributed by atoms with Gasteiger partial charge < -0.3 is 9.13 Å². The molecule has 2 aromatic heterocycles. The van der Waals surface area contributed by atoms with Crippen molar-refractivity contribution in [1.29, 1.82) is 0 Å². The van der Waals surface area contributed by atoms with Gasteiger partial charge in [-0.1, -0.05) is 42.1 Å². The quantitative estimate of drug-likeness (QED) is 0.398. The number of aryl methyl sites for hydroxylation is 2. The van der Waals surface area contributed by atoms with Crippen LogP contribution in [0.25, 0.3) is 0 Å². The Labute approximate surface area is 186 Å². The number of thioether (sulfide) groups is 1. The highest BCUT2D eigenvalue weighted by Gasteiger charge is 2.31. The molecule has 1 fully saturated rings. The Bertz CT molecular complexity index is 1210. The Morgan fingerprint density at radius 1 is 1.16 bits per heavy atom. The molecule has 9 heteroatoms. The highest BCUT2D eigenvalue weighted by molar-refractivity contribution is 7.99. The van der Waals surface area contributed by atoms with Crippen molar-refractivity contribution in [3.05, 3.63) is 64.7 Å². The van der Waals surface area contributed by atoms with Crippen molar-refractivity contribution in [2.45, 2.75) is 44.9 Å². The van der Waals surface area contributed by atoms with Crippen LogP contribution in [0.15, 0.2) is 41.6 Å². The zero-order valence-electron chi connectivity index (χ0n) is 17.9. The van der Waals surface area contributed by atoms with E-state index in [4.69, 9.17) is 0 Å². The number of ketones is 1. The summed E-state index contributed by atoms with van der Waals surface area (Å²) in [7, 11) is -2.99. The molecule has 1 aromatic carbocycles. The minimum absolute atomic E-state index is 0.0112. The summed E-state index contributed by atoms with van der Waals surface area (Å²) >= 11 is 1.38. The SMILES string of the molecule is Cc1nnc(SCC(=O)c2cc(C)n([C@H]3CCS(=O)(=O)C3)c2C)n1Cc1ccccc1. The Morgan fingerprint density at radius 3 is 2.58 bits per heavy atom. The summed E-state index contributed by atoms with van der Waals surface area (Å²) in [4.78, 5) is 13.0. The zero-order chi connectivity index (χ0) is 22.2. The van der Waals surface area contributed by atoms with Crippen molar-refractivity contribution in [3.63, 3.8) is 0 Å². The number of Topliss-reactive ketones (excluding diaryl/α,β-unsaturated/α-hetero) is 1. The lowest BCUT2D eigenvalue weighted by molar-refractivity contribution is 0.102. The number of carbonyl (C=O) groups is 1. The van der Waals surface area contributed by atoms with Gasteiger partial charge in [0, 0.05) is 23.0 Å². The molecule has 1 saturated heterocycles. The van der Waals surface area contributed by atoms with Crippen molar-refractivity contribution in [3.8, 4) is 0 Å². The molecular formula is C22H26N4O3S2. The molecule has 0 amide bonds. The van der Waals surface area contributed by atoms with Gasteiger partial charge in [-0.15, -0.1) is 10.2 Å². The molecule has 164 valence electrons. The molecule has 4 rings (SSSR count). The fourth-order valence-electron chi connectivity index (χ4n) is 4.22. The number of benzene rings is 1. The average molecular weight is 459 g/mol. The maximum absolute atomic E-state index is 13.0. The summed E-state index contributed by atoms with van der Waals surface area (Å²) in [6, 6.07) is 11.9. The van der Waals surface area contributed by atoms with Crippen LogP contribution in [-0.2, 0) is 16.4 Å². The number of hydrogen-bond donors (Lipinski definition) is 0. The third-order valence-corrected chi connectivity index (χ3v) is 8.49. The van der Waals surface area contributed by atoms with Gasteiger partial charge in [-0.2, -0.15) is 0 Å². The molecular weight excluding hydrogens is 432 g/mol. The predicted octanol–water partition coefficient (Wildman–Crippen LogP) is 3.39. The first-order valence-corrected chi connectivity index (χ1v) is 13.0. The van der Waals surface area contributed by atoms with Crippen LogP contribution in [0.4, 0.5) is 0 Å². The third kappa shape index (κ3) is 4.62. The molecule has 0 saturated carbocycles. The molecule has 0 bridgehead atoms. The molecule has 1 aliphatic rings. The number of sulfone groups is 1. The molecule has 0 N–H and O–H groups in total. The maximum atomic E-state index is 13.0. The van der Waals surface area contributed by atoms with Gasteiger partial charge in [0.15, 0.2) is 20.8 Å². The lowest BCUT2D eigenvalue weighted by atomic mass is 10.2. The standard InChI is InChI=1S/C22H26N4O3S2/c1-15-11-20(16(2)26(15)19-9-10-31(28,29)14-19)21(27)13-30-22-24-23-17(3)25(22)12-18-7-5-4-6-8-18/h4-8,11,19H,9-10,12-14H2,1-3H3/t19-/m0/s1. The van der Waals surface area contributed by atoms with Crippen LogP contribution in [0.1, 0.15) is 45.6 Å². The smallest absolute Gasteiger partial charge is 0.191 e. The summed E-state index contributed by atoms with van der Waals surface area (Å²) in [5.41, 5.74) is 3.57. The summed E-state index contributed by atoms with van der Waals surface area (Å²) in [6.45, 7) is 6.39. The Kier molecular flexibility index (Phi) is 6.07. The molecule has 31 heavy (non-hydrogen) atoms. The molecule has 1 aliphatic heterocycles. The second kappa shape index (κ2) is 8.63. The van der Waals surface area contributed by atoms with Gasteiger partial charge in [0.25, 0.3) is 0 Å². The van der Waals surface area contributed by atoms with Crippen molar-refractivity contribution in [1.82, 2.24) is 19.3 Å². The summed E-state index contributed by atoms with van der Waals surface area (Å²) in [5, 5.41) is 9.15. The van der Waals surface area contributed by atoms with E-state index in [1.54, 1.807) is 0 Å². The van der Waals surface area contributed by atoms with Gasteiger partial charge >= 0.3 is 0 Å². The highest BCUT2D eigenvalue weighted by atomic mass is 32.2. The van der Waals surface area contributed by atoms with Gasteiger partial charge in [-0.25, -0.2) is 8.42 Å². The van der Waals surface area contributed by atoms with Crippen LogP contribution in [0, 0.1) is 20.8 Å². The highest BCUT2D eigenvalue weighted by Crippen LogP contribution is 2.30. The first kappa shape index (κ1) is 21.8. The number of carbonyl (C=O) groups excluding carboxylic acids is 1. The van der Waals surface area contributed by atoms with Crippen molar-refractivity contribution >= 4 is 27.4 Å².